The number of carbonyl (C=O) groups is 1. The first-order valence-corrected chi connectivity index (χ1v) is 6.78. The van der Waals surface area contributed by atoms with Crippen LogP contribution in [0, 0.1) is 12.7 Å². The van der Waals surface area contributed by atoms with Crippen LogP contribution >= 0.6 is 15.9 Å². The molecule has 20 heavy (non-hydrogen) atoms. The van der Waals surface area contributed by atoms with E-state index in [4.69, 9.17) is 5.11 Å². The van der Waals surface area contributed by atoms with Crippen molar-refractivity contribution in [1.82, 2.24) is 0 Å². The summed E-state index contributed by atoms with van der Waals surface area (Å²) in [6.45, 7) is 1.97. The number of carboxylic acid groups (broad SMARTS) is 1. The summed E-state index contributed by atoms with van der Waals surface area (Å²) in [4.78, 5) is 10.8. The lowest BCUT2D eigenvalue weighted by Gasteiger charge is -2.12. The molecule has 0 saturated carbocycles. The second kappa shape index (κ2) is 6.05. The Balaban J connectivity index is 2.32. The summed E-state index contributed by atoms with van der Waals surface area (Å²) >= 11 is 3.44. The van der Waals surface area contributed by atoms with Crippen LogP contribution in [0.3, 0.4) is 0 Å². The topological polar surface area (TPSA) is 49.3 Å². The van der Waals surface area contributed by atoms with E-state index >= 15 is 0 Å². The highest BCUT2D eigenvalue weighted by molar-refractivity contribution is 9.10. The number of aliphatic carboxylic acids is 1. The minimum Gasteiger partial charge on any atom is -0.481 e. The molecule has 0 saturated heterocycles. The van der Waals surface area contributed by atoms with Gasteiger partial charge in [0.25, 0.3) is 0 Å². The average Bonchev–Trinajstić information content (AvgIpc) is 2.36. The third kappa shape index (κ3) is 3.57. The molecular weight excluding hydrogens is 325 g/mol. The largest absolute Gasteiger partial charge is 0.481 e. The lowest BCUT2D eigenvalue weighted by atomic mass is 10.1. The zero-order chi connectivity index (χ0) is 14.7. The molecule has 0 aliphatic carbocycles. The first-order chi connectivity index (χ1) is 9.45. The van der Waals surface area contributed by atoms with Crippen molar-refractivity contribution in [3.05, 3.63) is 57.8 Å². The van der Waals surface area contributed by atoms with E-state index in [0.29, 0.717) is 11.3 Å². The SMILES string of the molecule is Cc1ccc(Nc2ccc(F)cc2CC(=O)O)cc1Br. The van der Waals surface area contributed by atoms with Crippen molar-refractivity contribution in [1.29, 1.82) is 0 Å². The van der Waals surface area contributed by atoms with Gasteiger partial charge in [0.05, 0.1) is 6.42 Å². The van der Waals surface area contributed by atoms with E-state index in [-0.39, 0.29) is 6.42 Å². The molecule has 104 valence electrons. The van der Waals surface area contributed by atoms with E-state index in [1.165, 1.54) is 12.1 Å². The third-order valence-electron chi connectivity index (χ3n) is 2.86. The van der Waals surface area contributed by atoms with Gasteiger partial charge in [-0.25, -0.2) is 4.39 Å². The standard InChI is InChI=1S/C15H13BrFNO2/c1-9-2-4-12(8-13(9)16)18-14-5-3-11(17)6-10(14)7-15(19)20/h2-6,8,18H,7H2,1H3,(H,19,20). The maximum atomic E-state index is 13.2. The number of benzene rings is 2. The second-order valence-electron chi connectivity index (χ2n) is 4.46. The van der Waals surface area contributed by atoms with Gasteiger partial charge >= 0.3 is 5.97 Å². The Morgan fingerprint density at radius 1 is 1.30 bits per heavy atom. The fourth-order valence-electron chi connectivity index (χ4n) is 1.82. The van der Waals surface area contributed by atoms with Crippen LogP contribution in [-0.2, 0) is 11.2 Å². The highest BCUT2D eigenvalue weighted by atomic mass is 79.9. The molecule has 0 heterocycles. The van der Waals surface area contributed by atoms with Crippen molar-refractivity contribution in [2.45, 2.75) is 13.3 Å². The molecule has 0 spiro atoms. The number of hydrogen-bond acceptors (Lipinski definition) is 2. The maximum Gasteiger partial charge on any atom is 0.307 e. The van der Waals surface area contributed by atoms with Gasteiger partial charge in [0, 0.05) is 15.8 Å². The van der Waals surface area contributed by atoms with Gasteiger partial charge in [-0.05, 0) is 48.4 Å². The molecule has 0 bridgehead atoms. The summed E-state index contributed by atoms with van der Waals surface area (Å²) < 4.78 is 14.2. The van der Waals surface area contributed by atoms with E-state index in [1.807, 2.05) is 25.1 Å². The van der Waals surface area contributed by atoms with Gasteiger partial charge in [-0.2, -0.15) is 0 Å². The van der Waals surface area contributed by atoms with Gasteiger partial charge in [-0.3, -0.25) is 4.79 Å². The van der Waals surface area contributed by atoms with Gasteiger partial charge in [0.1, 0.15) is 5.82 Å². The van der Waals surface area contributed by atoms with E-state index < -0.39 is 11.8 Å². The third-order valence-corrected chi connectivity index (χ3v) is 3.71. The van der Waals surface area contributed by atoms with Gasteiger partial charge < -0.3 is 10.4 Å². The molecule has 0 aliphatic rings. The Bertz CT molecular complexity index is 658. The molecule has 0 aromatic heterocycles. The molecule has 0 unspecified atom stereocenters. The van der Waals surface area contributed by atoms with Gasteiger partial charge in [-0.15, -0.1) is 0 Å². The quantitative estimate of drug-likeness (QED) is 0.875. The summed E-state index contributed by atoms with van der Waals surface area (Å²) in [6.07, 6.45) is -0.229. The van der Waals surface area contributed by atoms with Crippen LogP contribution in [0.5, 0.6) is 0 Å². The molecule has 5 heteroatoms. The molecule has 0 fully saturated rings. The molecular formula is C15H13BrFNO2. The lowest BCUT2D eigenvalue weighted by molar-refractivity contribution is -0.136. The van der Waals surface area contributed by atoms with Crippen molar-refractivity contribution < 1.29 is 14.3 Å². The summed E-state index contributed by atoms with van der Waals surface area (Å²) in [5.74, 6) is -1.44. The number of carboxylic acids is 1. The van der Waals surface area contributed by atoms with E-state index in [0.717, 1.165) is 15.7 Å². The monoisotopic (exact) mass is 337 g/mol. The van der Waals surface area contributed by atoms with Crippen LogP contribution in [0.1, 0.15) is 11.1 Å². The zero-order valence-corrected chi connectivity index (χ0v) is 12.4. The second-order valence-corrected chi connectivity index (χ2v) is 5.32. The molecule has 2 aromatic rings. The number of aryl methyl sites for hydroxylation is 1. The summed E-state index contributed by atoms with van der Waals surface area (Å²) in [5.41, 5.74) is 2.90. The van der Waals surface area contributed by atoms with Gasteiger partial charge in [-0.1, -0.05) is 22.0 Å². The van der Waals surface area contributed by atoms with Gasteiger partial charge in [0.2, 0.25) is 0 Å². The summed E-state index contributed by atoms with van der Waals surface area (Å²) in [7, 11) is 0. The average molecular weight is 338 g/mol. The minimum absolute atomic E-state index is 0.229. The lowest BCUT2D eigenvalue weighted by Crippen LogP contribution is -2.04. The predicted molar refractivity (Wildman–Crippen MR) is 79.9 cm³/mol. The van der Waals surface area contributed by atoms with Crippen LogP contribution in [0.4, 0.5) is 15.8 Å². The molecule has 0 amide bonds. The molecule has 3 nitrogen and oxygen atoms in total. The Hall–Kier alpha value is -1.88. The number of nitrogens with one attached hydrogen (secondary N) is 1. The number of rotatable bonds is 4. The highest BCUT2D eigenvalue weighted by Crippen LogP contribution is 2.26. The first kappa shape index (κ1) is 14.5. The van der Waals surface area contributed by atoms with Crippen LogP contribution in [0.15, 0.2) is 40.9 Å². The van der Waals surface area contributed by atoms with Crippen LogP contribution in [0.2, 0.25) is 0 Å². The summed E-state index contributed by atoms with van der Waals surface area (Å²) in [6, 6.07) is 9.79. The van der Waals surface area contributed by atoms with Crippen molar-refractivity contribution in [3.8, 4) is 0 Å². The number of hydrogen-bond donors (Lipinski definition) is 2. The Morgan fingerprint density at radius 3 is 2.70 bits per heavy atom. The highest BCUT2D eigenvalue weighted by Gasteiger charge is 2.09. The minimum atomic E-state index is -0.997. The predicted octanol–water partition coefficient (Wildman–Crippen LogP) is 4.27. The molecule has 0 atom stereocenters. The molecule has 0 radical (unpaired) electrons. The number of halogens is 2. The molecule has 2 N–H and O–H groups in total. The maximum absolute atomic E-state index is 13.2. The van der Waals surface area contributed by atoms with Crippen molar-refractivity contribution >= 4 is 33.3 Å². The zero-order valence-electron chi connectivity index (χ0n) is 10.8. The molecule has 0 aliphatic heterocycles. The van der Waals surface area contributed by atoms with Crippen molar-refractivity contribution in [2.24, 2.45) is 0 Å². The van der Waals surface area contributed by atoms with Crippen molar-refractivity contribution in [2.75, 3.05) is 5.32 Å². The van der Waals surface area contributed by atoms with Gasteiger partial charge in [0.15, 0.2) is 0 Å². The molecule has 2 aromatic carbocycles. The van der Waals surface area contributed by atoms with Crippen LogP contribution in [-0.4, -0.2) is 11.1 Å². The Morgan fingerprint density at radius 2 is 2.05 bits per heavy atom. The van der Waals surface area contributed by atoms with Crippen LogP contribution in [0.25, 0.3) is 0 Å². The fourth-order valence-corrected chi connectivity index (χ4v) is 2.20. The first-order valence-electron chi connectivity index (χ1n) is 5.99. The fraction of sp³-hybridized carbons (Fsp3) is 0.133. The molecule has 2 rings (SSSR count). The summed E-state index contributed by atoms with van der Waals surface area (Å²) in [5, 5.41) is 12.0. The van der Waals surface area contributed by atoms with Crippen LogP contribution < -0.4 is 5.32 Å². The van der Waals surface area contributed by atoms with E-state index in [9.17, 15) is 9.18 Å². The smallest absolute Gasteiger partial charge is 0.307 e. The van der Waals surface area contributed by atoms with Crippen molar-refractivity contribution in [3.63, 3.8) is 0 Å². The Labute approximate surface area is 124 Å². The van der Waals surface area contributed by atoms with E-state index in [2.05, 4.69) is 21.2 Å². The Kier molecular flexibility index (Phi) is 4.39. The van der Waals surface area contributed by atoms with E-state index in [1.54, 1.807) is 6.07 Å². The number of anilines is 2. The normalized spacial score (nSPS) is 10.3.